The van der Waals surface area contributed by atoms with Crippen LogP contribution in [0.2, 0.25) is 0 Å². The first-order chi connectivity index (χ1) is 13.4. The topological polar surface area (TPSA) is 24.9 Å². The molecule has 0 N–H and O–H groups in total. The monoisotopic (exact) mass is 366 g/mol. The molecule has 1 atom stereocenters. The Balaban J connectivity index is 1.32. The van der Waals surface area contributed by atoms with E-state index < -0.39 is 0 Å². The van der Waals surface area contributed by atoms with Crippen molar-refractivity contribution in [3.05, 3.63) is 65.7 Å². The van der Waals surface area contributed by atoms with Crippen molar-refractivity contribution in [1.82, 2.24) is 9.80 Å². The molecule has 2 aromatic rings. The lowest BCUT2D eigenvalue weighted by Gasteiger charge is -2.41. The van der Waals surface area contributed by atoms with E-state index in [1.54, 1.807) is 0 Å². The number of hydrogen-bond donors (Lipinski definition) is 0. The van der Waals surface area contributed by atoms with Crippen LogP contribution in [0.15, 0.2) is 54.6 Å². The summed E-state index contributed by atoms with van der Waals surface area (Å²) in [4.78, 5) is 5.22. The zero-order chi connectivity index (χ0) is 18.3. The standard InChI is InChI=1S/C23H30N2O2/c1-2-6-20(7-3-1)19-27-23-10-4-8-21(16-23)17-24-11-5-9-22(18-24)25-12-14-26-15-13-25/h1-4,6-8,10,16,22H,5,9,11-15,17-19H2. The van der Waals surface area contributed by atoms with Crippen molar-refractivity contribution >= 4 is 0 Å². The summed E-state index contributed by atoms with van der Waals surface area (Å²) in [6, 6.07) is 19.6. The molecule has 0 saturated carbocycles. The van der Waals surface area contributed by atoms with E-state index in [1.165, 1.54) is 30.5 Å². The van der Waals surface area contributed by atoms with Crippen molar-refractivity contribution in [3.63, 3.8) is 0 Å². The van der Waals surface area contributed by atoms with Gasteiger partial charge in [-0.3, -0.25) is 9.80 Å². The maximum atomic E-state index is 6.00. The van der Waals surface area contributed by atoms with E-state index in [2.05, 4.69) is 58.3 Å². The maximum absolute atomic E-state index is 6.00. The molecule has 2 aromatic carbocycles. The van der Waals surface area contributed by atoms with Crippen LogP contribution in [-0.2, 0) is 17.9 Å². The minimum atomic E-state index is 0.618. The van der Waals surface area contributed by atoms with Gasteiger partial charge < -0.3 is 9.47 Å². The van der Waals surface area contributed by atoms with Crippen molar-refractivity contribution in [3.8, 4) is 5.75 Å². The summed E-state index contributed by atoms with van der Waals surface area (Å²) in [5.74, 6) is 0.957. The summed E-state index contributed by atoms with van der Waals surface area (Å²) in [6.07, 6.45) is 2.60. The summed E-state index contributed by atoms with van der Waals surface area (Å²) in [5.41, 5.74) is 2.54. The molecule has 0 radical (unpaired) electrons. The number of rotatable bonds is 6. The Morgan fingerprint density at radius 2 is 1.74 bits per heavy atom. The lowest BCUT2D eigenvalue weighted by Crippen LogP contribution is -2.51. The lowest BCUT2D eigenvalue weighted by atomic mass is 10.0. The van der Waals surface area contributed by atoms with Gasteiger partial charge in [-0.2, -0.15) is 0 Å². The molecule has 2 aliphatic heterocycles. The zero-order valence-electron chi connectivity index (χ0n) is 16.1. The Hall–Kier alpha value is -1.88. The van der Waals surface area contributed by atoms with E-state index >= 15 is 0 Å². The molecule has 144 valence electrons. The maximum Gasteiger partial charge on any atom is 0.120 e. The molecule has 0 aliphatic carbocycles. The number of morpholine rings is 1. The van der Waals surface area contributed by atoms with Crippen molar-refractivity contribution < 1.29 is 9.47 Å². The largest absolute Gasteiger partial charge is 0.489 e. The Labute approximate surface area is 162 Å². The number of ether oxygens (including phenoxy) is 2. The first-order valence-electron chi connectivity index (χ1n) is 10.2. The minimum absolute atomic E-state index is 0.618. The van der Waals surface area contributed by atoms with Crippen LogP contribution in [0, 0.1) is 0 Å². The van der Waals surface area contributed by atoms with Crippen LogP contribution in [0.1, 0.15) is 24.0 Å². The highest BCUT2D eigenvalue weighted by Crippen LogP contribution is 2.21. The van der Waals surface area contributed by atoms with Gasteiger partial charge >= 0.3 is 0 Å². The molecule has 4 rings (SSSR count). The highest BCUT2D eigenvalue weighted by molar-refractivity contribution is 5.29. The molecule has 4 nitrogen and oxygen atoms in total. The van der Waals surface area contributed by atoms with Crippen LogP contribution in [0.5, 0.6) is 5.75 Å². The lowest BCUT2D eigenvalue weighted by molar-refractivity contribution is -0.00358. The normalized spacial score (nSPS) is 21.9. The van der Waals surface area contributed by atoms with E-state index in [-0.39, 0.29) is 0 Å². The van der Waals surface area contributed by atoms with Crippen LogP contribution < -0.4 is 4.74 Å². The van der Waals surface area contributed by atoms with E-state index in [1.807, 2.05) is 6.07 Å². The molecule has 27 heavy (non-hydrogen) atoms. The van der Waals surface area contributed by atoms with Crippen molar-refractivity contribution in [2.24, 2.45) is 0 Å². The highest BCUT2D eigenvalue weighted by atomic mass is 16.5. The first kappa shape index (κ1) is 18.5. The molecule has 1 unspecified atom stereocenters. The first-order valence-corrected chi connectivity index (χ1v) is 10.2. The second-order valence-electron chi connectivity index (χ2n) is 7.60. The second-order valence-corrected chi connectivity index (χ2v) is 7.60. The van der Waals surface area contributed by atoms with Gasteiger partial charge in [0.2, 0.25) is 0 Å². The number of hydrogen-bond acceptors (Lipinski definition) is 4. The van der Waals surface area contributed by atoms with Gasteiger partial charge in [-0.1, -0.05) is 42.5 Å². The van der Waals surface area contributed by atoms with E-state index in [4.69, 9.17) is 9.47 Å². The van der Waals surface area contributed by atoms with Crippen LogP contribution in [-0.4, -0.2) is 55.2 Å². The molecular formula is C23H30N2O2. The van der Waals surface area contributed by atoms with Gasteiger partial charge in [0.25, 0.3) is 0 Å². The molecule has 0 bridgehead atoms. The van der Waals surface area contributed by atoms with Gasteiger partial charge in [-0.05, 0) is 42.6 Å². The van der Waals surface area contributed by atoms with Gasteiger partial charge in [0.05, 0.1) is 13.2 Å². The fourth-order valence-corrected chi connectivity index (χ4v) is 4.15. The quantitative estimate of drug-likeness (QED) is 0.780. The molecule has 0 aromatic heterocycles. The van der Waals surface area contributed by atoms with E-state index in [0.717, 1.165) is 45.1 Å². The van der Waals surface area contributed by atoms with Gasteiger partial charge in [0, 0.05) is 32.2 Å². The number of nitrogens with zero attached hydrogens (tertiary/aromatic N) is 2. The van der Waals surface area contributed by atoms with Gasteiger partial charge in [0.15, 0.2) is 0 Å². The Bertz CT molecular complexity index is 701. The fraction of sp³-hybridized carbons (Fsp3) is 0.478. The minimum Gasteiger partial charge on any atom is -0.489 e. The summed E-state index contributed by atoms with van der Waals surface area (Å²) in [5, 5.41) is 0. The average Bonchev–Trinajstić information content (AvgIpc) is 2.74. The second kappa shape index (κ2) is 9.36. The molecule has 2 fully saturated rings. The van der Waals surface area contributed by atoms with Gasteiger partial charge in [0.1, 0.15) is 12.4 Å². The third kappa shape index (κ3) is 5.32. The Morgan fingerprint density at radius 1 is 0.926 bits per heavy atom. The summed E-state index contributed by atoms with van der Waals surface area (Å²) in [7, 11) is 0. The van der Waals surface area contributed by atoms with Gasteiger partial charge in [-0.25, -0.2) is 0 Å². The molecule has 2 aliphatic rings. The molecule has 0 amide bonds. The van der Waals surface area contributed by atoms with Crippen LogP contribution in [0.3, 0.4) is 0 Å². The fourth-order valence-electron chi connectivity index (χ4n) is 4.15. The summed E-state index contributed by atoms with van der Waals surface area (Å²) < 4.78 is 11.5. The van der Waals surface area contributed by atoms with Gasteiger partial charge in [-0.15, -0.1) is 0 Å². The molecule has 2 heterocycles. The van der Waals surface area contributed by atoms with Crippen LogP contribution in [0.25, 0.3) is 0 Å². The van der Waals surface area contributed by atoms with Crippen LogP contribution in [0.4, 0.5) is 0 Å². The molecular weight excluding hydrogens is 336 g/mol. The number of benzene rings is 2. The number of likely N-dealkylation sites (tertiary alicyclic amines) is 1. The predicted molar refractivity (Wildman–Crippen MR) is 108 cm³/mol. The predicted octanol–water partition coefficient (Wildman–Crippen LogP) is 3.56. The zero-order valence-corrected chi connectivity index (χ0v) is 16.1. The molecule has 4 heteroatoms. The van der Waals surface area contributed by atoms with Crippen molar-refractivity contribution in [2.75, 3.05) is 39.4 Å². The Kier molecular flexibility index (Phi) is 6.40. The smallest absolute Gasteiger partial charge is 0.120 e. The molecule has 0 spiro atoms. The number of piperidine rings is 1. The van der Waals surface area contributed by atoms with Crippen molar-refractivity contribution in [2.45, 2.75) is 32.0 Å². The van der Waals surface area contributed by atoms with Crippen LogP contribution >= 0.6 is 0 Å². The summed E-state index contributed by atoms with van der Waals surface area (Å²) >= 11 is 0. The van der Waals surface area contributed by atoms with E-state index in [0.29, 0.717) is 12.6 Å². The van der Waals surface area contributed by atoms with E-state index in [9.17, 15) is 0 Å². The third-order valence-corrected chi connectivity index (χ3v) is 5.60. The average molecular weight is 367 g/mol. The summed E-state index contributed by atoms with van der Waals surface area (Å²) in [6.45, 7) is 7.92. The van der Waals surface area contributed by atoms with Crippen molar-refractivity contribution in [1.29, 1.82) is 0 Å². The third-order valence-electron chi connectivity index (χ3n) is 5.60. The highest BCUT2D eigenvalue weighted by Gasteiger charge is 2.26. The molecule has 2 saturated heterocycles. The Morgan fingerprint density at radius 3 is 2.59 bits per heavy atom. The SMILES string of the molecule is c1ccc(COc2cccc(CN3CCCC(N4CCOCC4)C3)c2)cc1.